The molecule has 0 bridgehead atoms. The summed E-state index contributed by atoms with van der Waals surface area (Å²) in [5.74, 6) is -0.651. The van der Waals surface area contributed by atoms with Crippen LogP contribution >= 0.6 is 0 Å². The molecule has 0 aliphatic heterocycles. The summed E-state index contributed by atoms with van der Waals surface area (Å²) < 4.78 is 13.9. The summed E-state index contributed by atoms with van der Waals surface area (Å²) in [6, 6.07) is 14.4. The van der Waals surface area contributed by atoms with Gasteiger partial charge in [-0.25, -0.2) is 18.7 Å². The van der Waals surface area contributed by atoms with Gasteiger partial charge < -0.3 is 34.3 Å². The number of carbonyl (C=O) groups excluding carboxylic acids is 2. The Morgan fingerprint density at radius 2 is 1.47 bits per heavy atom. The van der Waals surface area contributed by atoms with Gasteiger partial charge in [-0.3, -0.25) is 9.97 Å². The highest BCUT2D eigenvalue weighted by Gasteiger charge is 2.12. The van der Waals surface area contributed by atoms with Crippen LogP contribution in [0.25, 0.3) is 11.4 Å². The van der Waals surface area contributed by atoms with Gasteiger partial charge in [0.1, 0.15) is 36.2 Å². The molecular weight excluding hydrogens is 479 g/mol. The van der Waals surface area contributed by atoms with Crippen LogP contribution in [0.1, 0.15) is 34.6 Å². The standard InChI is InChI=1S/C21H21N2O4.C3H4N2.2ClH/c1-3-26-20(24)16-5-9-18(10-6-16)22-13-14-23(15-22)19-11-7-17(8-12-19)21(25)27-4-2;1-2-5-3-4-1;;/h5-15H,3-4H2,1-2H3;1-3H,(H,4,5);2*1H/q+1;;;/p-1. The maximum atomic E-state index is 11.7. The van der Waals surface area contributed by atoms with E-state index < -0.39 is 0 Å². The van der Waals surface area contributed by atoms with E-state index in [0.29, 0.717) is 24.3 Å². The number of benzene rings is 2. The number of rotatable bonds is 6. The number of nitrogens with zero attached hydrogens (tertiary/aromatic N) is 2. The lowest BCUT2D eigenvalue weighted by Gasteiger charge is -2.02. The number of aromatic nitrogens is 4. The molecule has 0 atom stereocenters. The Bertz CT molecular complexity index is 1040. The second kappa shape index (κ2) is 14.5. The topological polar surface area (TPSA) is 91.3 Å². The van der Waals surface area contributed by atoms with E-state index >= 15 is 0 Å². The van der Waals surface area contributed by atoms with Crippen LogP contribution < -0.4 is 34.4 Å². The molecule has 2 N–H and O–H groups in total. The summed E-state index contributed by atoms with van der Waals surface area (Å²) in [6.45, 7) is 4.27. The minimum Gasteiger partial charge on any atom is -1.00 e. The molecule has 4 aromatic rings. The zero-order valence-electron chi connectivity index (χ0n) is 18.8. The predicted molar refractivity (Wildman–Crippen MR) is 117 cm³/mol. The zero-order chi connectivity index (χ0) is 22.8. The fourth-order valence-electron chi connectivity index (χ4n) is 2.87. The van der Waals surface area contributed by atoms with E-state index in [-0.39, 0.29) is 36.8 Å². The van der Waals surface area contributed by atoms with Crippen LogP contribution in [0.15, 0.2) is 86.0 Å². The first-order valence-corrected chi connectivity index (χ1v) is 10.3. The largest absolute Gasteiger partial charge is 1.00 e. The van der Waals surface area contributed by atoms with E-state index in [1.54, 1.807) is 44.4 Å². The van der Waals surface area contributed by atoms with Crippen LogP contribution in [0, 0.1) is 0 Å². The SMILES string of the molecule is CCOC(=O)c1ccc(-n2cc[n+](-c3ccc(C(=O)OCC)cc3)c2)cc1.[Cl-].[Cl-].c1c[nH+]c[nH]1. The molecule has 0 fully saturated rings. The quantitative estimate of drug-likeness (QED) is 0.223. The van der Waals surface area contributed by atoms with E-state index in [9.17, 15) is 9.59 Å². The van der Waals surface area contributed by atoms with Crippen molar-refractivity contribution < 1.29 is 53.4 Å². The molecule has 0 saturated heterocycles. The molecule has 180 valence electrons. The number of carbonyl (C=O) groups is 2. The van der Waals surface area contributed by atoms with E-state index in [1.807, 2.05) is 64.5 Å². The molecule has 2 aromatic carbocycles. The number of H-pyrrole nitrogens is 2. The summed E-state index contributed by atoms with van der Waals surface area (Å²) in [5, 5.41) is 0. The molecule has 2 aromatic heterocycles. The number of nitrogens with one attached hydrogen (secondary N) is 2. The number of aromatic amines is 2. The Kier molecular flexibility index (Phi) is 12.1. The Labute approximate surface area is 210 Å². The molecule has 0 spiro atoms. The average Bonchev–Trinajstić information content (AvgIpc) is 3.55. The predicted octanol–water partition coefficient (Wildman–Crippen LogP) is -3.06. The van der Waals surface area contributed by atoms with Gasteiger partial charge in [-0.1, -0.05) is 0 Å². The summed E-state index contributed by atoms with van der Waals surface area (Å²) in [7, 11) is 0. The Morgan fingerprint density at radius 1 is 0.912 bits per heavy atom. The molecule has 10 heteroatoms. The number of esters is 2. The van der Waals surface area contributed by atoms with Gasteiger partial charge in [0, 0.05) is 0 Å². The van der Waals surface area contributed by atoms with Crippen molar-refractivity contribution in [1.29, 1.82) is 0 Å². The molecule has 0 amide bonds. The van der Waals surface area contributed by atoms with E-state index in [1.165, 1.54) is 0 Å². The number of ether oxygens (including phenoxy) is 2. The first-order chi connectivity index (χ1) is 15.6. The molecule has 2 heterocycles. The third kappa shape index (κ3) is 7.75. The third-order valence-electron chi connectivity index (χ3n) is 4.43. The molecule has 0 aliphatic rings. The fraction of sp³-hybridized carbons (Fsp3) is 0.167. The molecule has 0 radical (unpaired) electrons. The van der Waals surface area contributed by atoms with Gasteiger partial charge in [-0.2, -0.15) is 0 Å². The van der Waals surface area contributed by atoms with Crippen LogP contribution in [0.3, 0.4) is 0 Å². The summed E-state index contributed by atoms with van der Waals surface area (Å²) in [6.07, 6.45) is 11.1. The molecule has 34 heavy (non-hydrogen) atoms. The molecule has 8 nitrogen and oxygen atoms in total. The molecular formula is C24H26Cl2N4O4. The van der Waals surface area contributed by atoms with Gasteiger partial charge in [0.25, 0.3) is 6.33 Å². The van der Waals surface area contributed by atoms with Gasteiger partial charge in [-0.05, 0) is 62.4 Å². The van der Waals surface area contributed by atoms with Crippen molar-refractivity contribution in [3.63, 3.8) is 0 Å². The van der Waals surface area contributed by atoms with E-state index in [2.05, 4.69) is 9.97 Å². The van der Waals surface area contributed by atoms with Crippen molar-refractivity contribution >= 4 is 11.9 Å². The Morgan fingerprint density at radius 3 is 1.91 bits per heavy atom. The van der Waals surface area contributed by atoms with Crippen molar-refractivity contribution in [1.82, 2.24) is 9.55 Å². The lowest BCUT2D eigenvalue weighted by Crippen LogP contribution is -3.00. The van der Waals surface area contributed by atoms with Crippen molar-refractivity contribution in [2.45, 2.75) is 13.8 Å². The minimum absolute atomic E-state index is 0. The third-order valence-corrected chi connectivity index (χ3v) is 4.43. The van der Waals surface area contributed by atoms with E-state index in [0.717, 1.165) is 11.4 Å². The summed E-state index contributed by atoms with van der Waals surface area (Å²) in [5.41, 5.74) is 2.89. The first-order valence-electron chi connectivity index (χ1n) is 10.3. The second-order valence-corrected chi connectivity index (χ2v) is 6.57. The summed E-state index contributed by atoms with van der Waals surface area (Å²) in [4.78, 5) is 29.1. The lowest BCUT2D eigenvalue weighted by atomic mass is 10.2. The van der Waals surface area contributed by atoms with Gasteiger partial charge in [-0.15, -0.1) is 0 Å². The van der Waals surface area contributed by atoms with Crippen LogP contribution in [0.4, 0.5) is 0 Å². The number of imidazole rings is 2. The van der Waals surface area contributed by atoms with E-state index in [4.69, 9.17) is 9.47 Å². The van der Waals surface area contributed by atoms with Crippen molar-refractivity contribution in [2.75, 3.05) is 13.2 Å². The van der Waals surface area contributed by atoms with Crippen molar-refractivity contribution in [3.8, 4) is 11.4 Å². The lowest BCUT2D eigenvalue weighted by molar-refractivity contribution is -0.594. The van der Waals surface area contributed by atoms with Crippen LogP contribution in [-0.2, 0) is 9.47 Å². The molecule has 0 unspecified atom stereocenters. The Balaban J connectivity index is 0.000000734. The number of halogens is 2. The monoisotopic (exact) mass is 504 g/mol. The molecule has 0 saturated carbocycles. The summed E-state index contributed by atoms with van der Waals surface area (Å²) >= 11 is 0. The maximum Gasteiger partial charge on any atom is 0.338 e. The minimum atomic E-state index is -0.326. The Hall–Kier alpha value is -3.62. The van der Waals surface area contributed by atoms with Gasteiger partial charge in [0.15, 0.2) is 0 Å². The second-order valence-electron chi connectivity index (χ2n) is 6.57. The van der Waals surface area contributed by atoms with Crippen molar-refractivity contribution in [2.24, 2.45) is 0 Å². The number of hydrogen-bond acceptors (Lipinski definition) is 4. The zero-order valence-corrected chi connectivity index (χ0v) is 20.3. The molecule has 0 aliphatic carbocycles. The van der Waals surface area contributed by atoms with Gasteiger partial charge in [0.2, 0.25) is 6.33 Å². The highest BCUT2D eigenvalue weighted by molar-refractivity contribution is 5.90. The van der Waals surface area contributed by atoms with Crippen LogP contribution in [0.5, 0.6) is 0 Å². The van der Waals surface area contributed by atoms with Gasteiger partial charge in [0.05, 0.1) is 24.3 Å². The smallest absolute Gasteiger partial charge is 0.338 e. The number of hydrogen-bond donors (Lipinski definition) is 1. The highest BCUT2D eigenvalue weighted by atomic mass is 35.5. The normalized spacial score (nSPS) is 9.47. The van der Waals surface area contributed by atoms with Crippen molar-refractivity contribution in [3.05, 3.63) is 97.1 Å². The van der Waals surface area contributed by atoms with Crippen LogP contribution in [0.2, 0.25) is 0 Å². The van der Waals surface area contributed by atoms with Gasteiger partial charge >= 0.3 is 11.9 Å². The average molecular weight is 505 g/mol. The maximum absolute atomic E-state index is 11.7. The highest BCUT2D eigenvalue weighted by Crippen LogP contribution is 2.11. The molecule has 4 rings (SSSR count). The fourth-order valence-corrected chi connectivity index (χ4v) is 2.87. The first kappa shape index (κ1) is 28.4. The van der Waals surface area contributed by atoms with Crippen LogP contribution in [-0.4, -0.2) is 34.7 Å².